The fourth-order valence-electron chi connectivity index (χ4n) is 1.90. The van der Waals surface area contributed by atoms with Gasteiger partial charge in [-0.1, -0.05) is 23.7 Å². The topological polar surface area (TPSA) is 51.8 Å². The number of ether oxygens (including phenoxy) is 1. The summed E-state index contributed by atoms with van der Waals surface area (Å²) < 4.78 is 10.5. The first-order valence-corrected chi connectivity index (χ1v) is 7.00. The Morgan fingerprint density at radius 3 is 2.55 bits per heavy atom. The van der Waals surface area contributed by atoms with E-state index in [4.69, 9.17) is 20.8 Å². The summed E-state index contributed by atoms with van der Waals surface area (Å²) in [4.78, 5) is 15.9. The summed E-state index contributed by atoms with van der Waals surface area (Å²) in [5.41, 5.74) is 1.15. The minimum atomic E-state index is -0.496. The van der Waals surface area contributed by atoms with Gasteiger partial charge in [0.05, 0.1) is 0 Å². The number of esters is 1. The first kappa shape index (κ1) is 14.4. The molecule has 0 fully saturated rings. The van der Waals surface area contributed by atoms with Crippen molar-refractivity contribution >= 4 is 35.6 Å². The zero-order chi connectivity index (χ0) is 15.5. The first-order chi connectivity index (χ1) is 10.6. The zero-order valence-electron chi connectivity index (χ0n) is 11.7. The molecule has 1 aromatic carbocycles. The lowest BCUT2D eigenvalue weighted by Crippen LogP contribution is -2.00. The van der Waals surface area contributed by atoms with Crippen LogP contribution in [0.4, 0.5) is 0 Å². The number of benzene rings is 1. The van der Waals surface area contributed by atoms with Crippen molar-refractivity contribution in [1.29, 1.82) is 0 Å². The summed E-state index contributed by atoms with van der Waals surface area (Å²) in [5, 5.41) is 0.667. The molecular weight excluding hydrogens is 302 g/mol. The highest BCUT2D eigenvalue weighted by Gasteiger charge is 2.21. The van der Waals surface area contributed by atoms with Gasteiger partial charge in [0, 0.05) is 17.2 Å². The predicted octanol–water partition coefficient (Wildman–Crippen LogP) is 4.25. The molecule has 0 aliphatic carbocycles. The Balaban J connectivity index is 1.78. The highest BCUT2D eigenvalue weighted by molar-refractivity contribution is 6.30. The molecule has 1 aliphatic heterocycles. The smallest absolute Gasteiger partial charge is 0.363 e. The molecule has 2 heterocycles. The number of cyclic esters (lactones) is 1. The molecule has 0 spiro atoms. The highest BCUT2D eigenvalue weighted by Crippen LogP contribution is 2.18. The Bertz CT molecular complexity index is 798. The van der Waals surface area contributed by atoms with E-state index < -0.39 is 5.97 Å². The second-order valence-electron chi connectivity index (χ2n) is 4.70. The van der Waals surface area contributed by atoms with Crippen molar-refractivity contribution in [1.82, 2.24) is 0 Å². The maximum absolute atomic E-state index is 11.8. The zero-order valence-corrected chi connectivity index (χ0v) is 12.5. The molecule has 0 atom stereocenters. The standard InChI is InChI=1S/C17H12ClNO3/c1-11-2-8-14(21-11)10-15-17(20)22-16(19-15)9-5-12-3-6-13(18)7-4-12/h2-10H,1H3. The van der Waals surface area contributed by atoms with Crippen LogP contribution in [-0.2, 0) is 9.53 Å². The average Bonchev–Trinajstić information content (AvgIpc) is 3.05. The van der Waals surface area contributed by atoms with Crippen LogP contribution in [0.1, 0.15) is 17.1 Å². The number of carbonyl (C=O) groups excluding carboxylic acids is 1. The number of carbonyl (C=O) groups is 1. The maximum atomic E-state index is 11.8. The van der Waals surface area contributed by atoms with Crippen LogP contribution in [0.3, 0.4) is 0 Å². The molecule has 0 saturated carbocycles. The van der Waals surface area contributed by atoms with Crippen molar-refractivity contribution in [2.75, 3.05) is 0 Å². The summed E-state index contributed by atoms with van der Waals surface area (Å²) in [5.74, 6) is 1.08. The van der Waals surface area contributed by atoms with E-state index in [1.165, 1.54) is 0 Å². The highest BCUT2D eigenvalue weighted by atomic mass is 35.5. The number of hydrogen-bond donors (Lipinski definition) is 0. The molecule has 3 rings (SSSR count). The molecule has 0 amide bonds. The Morgan fingerprint density at radius 1 is 1.09 bits per heavy atom. The first-order valence-electron chi connectivity index (χ1n) is 6.63. The number of halogens is 1. The van der Waals surface area contributed by atoms with Gasteiger partial charge in [0.25, 0.3) is 0 Å². The Kier molecular flexibility index (Phi) is 3.94. The fourth-order valence-corrected chi connectivity index (χ4v) is 2.03. The number of aliphatic imine (C=N–C) groups is 1. The normalized spacial score (nSPS) is 16.4. The summed E-state index contributed by atoms with van der Waals surface area (Å²) in [6.45, 7) is 1.83. The minimum Gasteiger partial charge on any atom is -0.462 e. The van der Waals surface area contributed by atoms with Crippen LogP contribution in [0.15, 0.2) is 57.6 Å². The summed E-state index contributed by atoms with van der Waals surface area (Å²) in [7, 11) is 0. The molecule has 0 unspecified atom stereocenters. The van der Waals surface area contributed by atoms with E-state index in [2.05, 4.69) is 4.99 Å². The van der Waals surface area contributed by atoms with E-state index >= 15 is 0 Å². The summed E-state index contributed by atoms with van der Waals surface area (Å²) >= 11 is 5.82. The van der Waals surface area contributed by atoms with E-state index in [1.807, 2.05) is 25.1 Å². The molecule has 2 aromatic rings. The Labute approximate surface area is 132 Å². The monoisotopic (exact) mass is 313 g/mol. The number of aryl methyl sites for hydroxylation is 1. The van der Waals surface area contributed by atoms with Gasteiger partial charge in [0.1, 0.15) is 11.5 Å². The average molecular weight is 314 g/mol. The van der Waals surface area contributed by atoms with Crippen LogP contribution >= 0.6 is 11.6 Å². The van der Waals surface area contributed by atoms with Crippen LogP contribution in [0, 0.1) is 6.92 Å². The molecule has 4 nitrogen and oxygen atoms in total. The number of nitrogens with zero attached hydrogens (tertiary/aromatic N) is 1. The van der Waals surface area contributed by atoms with Gasteiger partial charge in [-0.25, -0.2) is 9.79 Å². The molecule has 0 radical (unpaired) electrons. The van der Waals surface area contributed by atoms with Crippen molar-refractivity contribution in [2.45, 2.75) is 6.92 Å². The van der Waals surface area contributed by atoms with Gasteiger partial charge in [0.2, 0.25) is 5.90 Å². The molecule has 0 saturated heterocycles. The Morgan fingerprint density at radius 2 is 1.86 bits per heavy atom. The Hall–Kier alpha value is -2.59. The van der Waals surface area contributed by atoms with Crippen LogP contribution in [-0.4, -0.2) is 11.9 Å². The van der Waals surface area contributed by atoms with Crippen molar-refractivity contribution in [3.05, 3.63) is 70.3 Å². The van der Waals surface area contributed by atoms with Crippen LogP contribution in [0.2, 0.25) is 5.02 Å². The molecular formula is C17H12ClNO3. The summed E-state index contributed by atoms with van der Waals surface area (Å²) in [6, 6.07) is 10.9. The molecule has 22 heavy (non-hydrogen) atoms. The second kappa shape index (κ2) is 6.03. The van der Waals surface area contributed by atoms with E-state index in [1.54, 1.807) is 36.4 Å². The fraction of sp³-hybridized carbons (Fsp3) is 0.0588. The van der Waals surface area contributed by atoms with E-state index in [-0.39, 0.29) is 11.6 Å². The number of rotatable bonds is 3. The van der Waals surface area contributed by atoms with E-state index in [9.17, 15) is 4.79 Å². The lowest BCUT2D eigenvalue weighted by atomic mass is 10.2. The minimum absolute atomic E-state index is 0.213. The third-order valence-corrected chi connectivity index (χ3v) is 3.22. The molecule has 5 heteroatoms. The van der Waals surface area contributed by atoms with Crippen molar-refractivity contribution in [2.24, 2.45) is 4.99 Å². The van der Waals surface area contributed by atoms with Crippen molar-refractivity contribution < 1.29 is 13.9 Å². The van der Waals surface area contributed by atoms with Crippen molar-refractivity contribution in [3.63, 3.8) is 0 Å². The lowest BCUT2D eigenvalue weighted by Gasteiger charge is -1.93. The van der Waals surface area contributed by atoms with Crippen molar-refractivity contribution in [3.8, 4) is 0 Å². The van der Waals surface area contributed by atoms with Gasteiger partial charge in [-0.2, -0.15) is 0 Å². The third kappa shape index (κ3) is 3.35. The lowest BCUT2D eigenvalue weighted by molar-refractivity contribution is -0.129. The van der Waals surface area contributed by atoms with Crippen LogP contribution in [0.5, 0.6) is 0 Å². The van der Waals surface area contributed by atoms with Crippen LogP contribution in [0.25, 0.3) is 12.2 Å². The van der Waals surface area contributed by atoms with E-state index in [0.717, 1.165) is 11.3 Å². The number of furan rings is 1. The molecule has 1 aliphatic rings. The second-order valence-corrected chi connectivity index (χ2v) is 5.14. The number of hydrogen-bond acceptors (Lipinski definition) is 4. The van der Waals surface area contributed by atoms with Gasteiger partial charge >= 0.3 is 5.97 Å². The largest absolute Gasteiger partial charge is 0.462 e. The van der Waals surface area contributed by atoms with Gasteiger partial charge in [-0.05, 0) is 42.8 Å². The molecule has 1 aromatic heterocycles. The third-order valence-electron chi connectivity index (χ3n) is 2.97. The van der Waals surface area contributed by atoms with Gasteiger partial charge < -0.3 is 9.15 Å². The predicted molar refractivity (Wildman–Crippen MR) is 85.4 cm³/mol. The molecule has 110 valence electrons. The quantitative estimate of drug-likeness (QED) is 0.628. The van der Waals surface area contributed by atoms with Gasteiger partial charge in [-0.15, -0.1) is 0 Å². The van der Waals surface area contributed by atoms with Gasteiger partial charge in [-0.3, -0.25) is 0 Å². The molecule has 0 bridgehead atoms. The van der Waals surface area contributed by atoms with Crippen LogP contribution < -0.4 is 0 Å². The van der Waals surface area contributed by atoms with E-state index in [0.29, 0.717) is 10.8 Å². The summed E-state index contributed by atoms with van der Waals surface area (Å²) in [6.07, 6.45) is 4.98. The maximum Gasteiger partial charge on any atom is 0.363 e. The van der Waals surface area contributed by atoms with Gasteiger partial charge in [0.15, 0.2) is 5.70 Å². The SMILES string of the molecule is Cc1ccc(C=C2N=C(C=Cc3ccc(Cl)cc3)OC2=O)o1. The molecule has 0 N–H and O–H groups in total.